The molecule has 0 aliphatic carbocycles. The standard InChI is InChI=1S/C25H48NO8P/c1-2-3-4-5-6-7-8-9-10-11-12-13-14-15-16-17-19-24(27)32-20-18-21-33-35(30,31)34-22-23(26)25(28)29/h9-10,23H,2-8,11-22,26H2,1H3,(H,28,29)(H,30,31)/b10-9+/t23-/m1/s1. The van der Waals surface area contributed by atoms with Crippen LogP contribution in [0.5, 0.6) is 0 Å². The molecule has 10 heteroatoms. The van der Waals surface area contributed by atoms with Crippen molar-refractivity contribution in [3.05, 3.63) is 12.2 Å². The average Bonchev–Trinajstić information content (AvgIpc) is 2.82. The Labute approximate surface area is 211 Å². The zero-order chi connectivity index (χ0) is 26.2. The molecule has 0 bridgehead atoms. The summed E-state index contributed by atoms with van der Waals surface area (Å²) in [5, 5.41) is 8.60. The van der Waals surface area contributed by atoms with Gasteiger partial charge in [-0.15, -0.1) is 0 Å². The molecule has 4 N–H and O–H groups in total. The second-order valence-electron chi connectivity index (χ2n) is 8.80. The summed E-state index contributed by atoms with van der Waals surface area (Å²) in [6, 6.07) is -1.42. The molecule has 1 unspecified atom stereocenters. The van der Waals surface area contributed by atoms with E-state index in [1.807, 2.05) is 0 Å². The van der Waals surface area contributed by atoms with Gasteiger partial charge in [0.1, 0.15) is 6.04 Å². The fourth-order valence-corrected chi connectivity index (χ4v) is 4.08. The topological polar surface area (TPSA) is 145 Å². The first-order valence-corrected chi connectivity index (χ1v) is 14.7. The summed E-state index contributed by atoms with van der Waals surface area (Å²) in [5.74, 6) is -1.64. The van der Waals surface area contributed by atoms with Crippen molar-refractivity contribution in [1.82, 2.24) is 0 Å². The Bertz CT molecular complexity index is 614. The summed E-state index contributed by atoms with van der Waals surface area (Å²) in [5.41, 5.74) is 5.18. The Morgan fingerprint density at radius 2 is 1.37 bits per heavy atom. The van der Waals surface area contributed by atoms with Crippen molar-refractivity contribution < 1.29 is 37.9 Å². The molecule has 0 aromatic heterocycles. The number of carboxylic acids is 1. The van der Waals surface area contributed by atoms with E-state index < -0.39 is 26.4 Å². The fourth-order valence-electron chi connectivity index (χ4n) is 3.30. The number of aliphatic carboxylic acids is 1. The minimum atomic E-state index is -4.38. The first-order chi connectivity index (χ1) is 16.8. The number of unbranched alkanes of at least 4 members (excludes halogenated alkanes) is 12. The summed E-state index contributed by atoms with van der Waals surface area (Å²) in [6.45, 7) is 1.50. The molecule has 0 aliphatic rings. The number of ether oxygens (including phenoxy) is 1. The number of phosphoric ester groups is 1. The van der Waals surface area contributed by atoms with Crippen LogP contribution in [-0.4, -0.2) is 47.8 Å². The van der Waals surface area contributed by atoms with Crippen molar-refractivity contribution in [3.8, 4) is 0 Å². The molecule has 0 spiro atoms. The lowest BCUT2D eigenvalue weighted by molar-refractivity contribution is -0.144. The van der Waals surface area contributed by atoms with E-state index in [0.29, 0.717) is 6.42 Å². The molecule has 0 saturated heterocycles. The van der Waals surface area contributed by atoms with Crippen molar-refractivity contribution in [1.29, 1.82) is 0 Å². The summed E-state index contributed by atoms with van der Waals surface area (Å²) in [7, 11) is -4.38. The van der Waals surface area contributed by atoms with Crippen LogP contribution in [0.1, 0.15) is 110 Å². The molecule has 0 radical (unpaired) electrons. The van der Waals surface area contributed by atoms with Gasteiger partial charge in [-0.05, 0) is 32.1 Å². The molecule has 0 saturated carbocycles. The highest BCUT2D eigenvalue weighted by Crippen LogP contribution is 2.43. The number of hydrogen-bond acceptors (Lipinski definition) is 7. The number of carbonyl (C=O) groups excluding carboxylic acids is 1. The van der Waals surface area contributed by atoms with Crippen LogP contribution in [0, 0.1) is 0 Å². The van der Waals surface area contributed by atoms with E-state index in [9.17, 15) is 19.0 Å². The van der Waals surface area contributed by atoms with E-state index >= 15 is 0 Å². The van der Waals surface area contributed by atoms with Gasteiger partial charge in [0.15, 0.2) is 0 Å². The number of phosphoric acid groups is 1. The highest BCUT2D eigenvalue weighted by Gasteiger charge is 2.24. The molecule has 35 heavy (non-hydrogen) atoms. The number of nitrogens with two attached hydrogens (primary N) is 1. The summed E-state index contributed by atoms with van der Waals surface area (Å²) in [6.07, 6.45) is 22.1. The molecular formula is C25H48NO8P. The first-order valence-electron chi connectivity index (χ1n) is 13.2. The van der Waals surface area contributed by atoms with E-state index in [1.54, 1.807) is 0 Å². The van der Waals surface area contributed by atoms with Crippen LogP contribution in [0.4, 0.5) is 0 Å². The van der Waals surface area contributed by atoms with Crippen molar-refractivity contribution >= 4 is 19.8 Å². The number of esters is 1. The lowest BCUT2D eigenvalue weighted by Gasteiger charge is -2.13. The summed E-state index contributed by atoms with van der Waals surface area (Å²) < 4.78 is 25.8. The van der Waals surface area contributed by atoms with Gasteiger partial charge >= 0.3 is 19.8 Å². The average molecular weight is 522 g/mol. The lowest BCUT2D eigenvalue weighted by atomic mass is 10.1. The Balaban J connectivity index is 3.45. The van der Waals surface area contributed by atoms with Gasteiger partial charge in [-0.2, -0.15) is 0 Å². The van der Waals surface area contributed by atoms with Gasteiger partial charge < -0.3 is 20.5 Å². The van der Waals surface area contributed by atoms with Crippen LogP contribution in [0.15, 0.2) is 12.2 Å². The van der Waals surface area contributed by atoms with Gasteiger partial charge in [0.25, 0.3) is 0 Å². The minimum absolute atomic E-state index is 0.0693. The largest absolute Gasteiger partial charge is 0.480 e. The molecule has 0 rings (SSSR count). The molecular weight excluding hydrogens is 473 g/mol. The smallest absolute Gasteiger partial charge is 0.472 e. The summed E-state index contributed by atoms with van der Waals surface area (Å²) in [4.78, 5) is 31.7. The van der Waals surface area contributed by atoms with E-state index in [0.717, 1.165) is 25.7 Å². The molecule has 0 amide bonds. The number of carbonyl (C=O) groups is 2. The molecule has 0 aliphatic heterocycles. The van der Waals surface area contributed by atoms with Crippen LogP contribution in [-0.2, 0) is 27.9 Å². The molecule has 206 valence electrons. The molecule has 0 aromatic carbocycles. The predicted octanol–water partition coefficient (Wildman–Crippen LogP) is 5.89. The fraction of sp³-hybridized carbons (Fsp3) is 0.840. The molecule has 0 heterocycles. The van der Waals surface area contributed by atoms with Gasteiger partial charge in [-0.1, -0.05) is 76.9 Å². The molecule has 2 atom stereocenters. The van der Waals surface area contributed by atoms with Crippen LogP contribution in [0.2, 0.25) is 0 Å². The second-order valence-corrected chi connectivity index (χ2v) is 10.3. The van der Waals surface area contributed by atoms with Crippen LogP contribution in [0.25, 0.3) is 0 Å². The number of carboxylic acid groups (broad SMARTS) is 1. The SMILES string of the molecule is CCCCCCCC/C=C/CCCCCCCCC(=O)OCCCOP(=O)(O)OC[C@@H](N)C(=O)O. The van der Waals surface area contributed by atoms with Crippen LogP contribution < -0.4 is 5.73 Å². The molecule has 0 aromatic rings. The van der Waals surface area contributed by atoms with Gasteiger partial charge in [0.2, 0.25) is 0 Å². The highest BCUT2D eigenvalue weighted by atomic mass is 31.2. The van der Waals surface area contributed by atoms with Crippen molar-refractivity contribution in [2.45, 2.75) is 116 Å². The Hall–Kier alpha value is -1.25. The van der Waals surface area contributed by atoms with Crippen LogP contribution in [0.3, 0.4) is 0 Å². The normalized spacial score (nSPS) is 14.1. The predicted molar refractivity (Wildman–Crippen MR) is 137 cm³/mol. The molecule has 9 nitrogen and oxygen atoms in total. The minimum Gasteiger partial charge on any atom is -0.480 e. The number of allylic oxidation sites excluding steroid dienone is 2. The van der Waals surface area contributed by atoms with Gasteiger partial charge in [0, 0.05) is 12.8 Å². The monoisotopic (exact) mass is 521 g/mol. The van der Waals surface area contributed by atoms with E-state index in [1.165, 1.54) is 64.2 Å². The first kappa shape index (κ1) is 33.8. The van der Waals surface area contributed by atoms with Crippen molar-refractivity contribution in [2.75, 3.05) is 19.8 Å². The third kappa shape index (κ3) is 24.2. The molecule has 0 fully saturated rings. The van der Waals surface area contributed by atoms with Crippen molar-refractivity contribution in [3.63, 3.8) is 0 Å². The van der Waals surface area contributed by atoms with E-state index in [2.05, 4.69) is 28.1 Å². The van der Waals surface area contributed by atoms with Crippen molar-refractivity contribution in [2.24, 2.45) is 5.73 Å². The second kappa shape index (κ2) is 23.2. The Kier molecular flexibility index (Phi) is 22.3. The quantitative estimate of drug-likeness (QED) is 0.0579. The summed E-state index contributed by atoms with van der Waals surface area (Å²) >= 11 is 0. The van der Waals surface area contributed by atoms with E-state index in [4.69, 9.17) is 15.6 Å². The van der Waals surface area contributed by atoms with Gasteiger partial charge in [0.05, 0.1) is 19.8 Å². The van der Waals surface area contributed by atoms with Gasteiger partial charge in [-0.3, -0.25) is 18.6 Å². The lowest BCUT2D eigenvalue weighted by Crippen LogP contribution is -2.34. The number of rotatable bonds is 25. The zero-order valence-corrected chi connectivity index (χ0v) is 22.4. The maximum absolute atomic E-state index is 11.7. The maximum Gasteiger partial charge on any atom is 0.472 e. The number of hydrogen-bond donors (Lipinski definition) is 3. The zero-order valence-electron chi connectivity index (χ0n) is 21.5. The van der Waals surface area contributed by atoms with E-state index in [-0.39, 0.29) is 25.6 Å². The third-order valence-electron chi connectivity index (χ3n) is 5.43. The maximum atomic E-state index is 11.7. The Morgan fingerprint density at radius 1 is 0.829 bits per heavy atom. The Morgan fingerprint density at radius 3 is 1.94 bits per heavy atom. The van der Waals surface area contributed by atoms with Crippen LogP contribution >= 0.6 is 7.82 Å². The van der Waals surface area contributed by atoms with Gasteiger partial charge in [-0.25, -0.2) is 4.57 Å². The highest BCUT2D eigenvalue weighted by molar-refractivity contribution is 7.47. The third-order valence-corrected chi connectivity index (χ3v) is 6.42.